The first kappa shape index (κ1) is 14.6. The Kier molecular flexibility index (Phi) is 4.14. The van der Waals surface area contributed by atoms with Crippen molar-refractivity contribution in [2.75, 3.05) is 17.2 Å². The highest BCUT2D eigenvalue weighted by Gasteiger charge is 2.29. The van der Waals surface area contributed by atoms with E-state index in [9.17, 15) is 4.79 Å². The molecule has 0 radical (unpaired) electrons. The fourth-order valence-electron chi connectivity index (χ4n) is 3.31. The number of amides is 1. The van der Waals surface area contributed by atoms with Gasteiger partial charge in [0, 0.05) is 17.9 Å². The van der Waals surface area contributed by atoms with Gasteiger partial charge in [0.1, 0.15) is 0 Å². The molecule has 1 unspecified atom stereocenters. The van der Waals surface area contributed by atoms with E-state index in [2.05, 4.69) is 6.92 Å². The summed E-state index contributed by atoms with van der Waals surface area (Å²) in [6, 6.07) is 15.9. The van der Waals surface area contributed by atoms with Crippen molar-refractivity contribution in [3.05, 3.63) is 59.7 Å². The van der Waals surface area contributed by atoms with E-state index in [4.69, 9.17) is 5.73 Å². The number of rotatable bonds is 3. The van der Waals surface area contributed by atoms with Gasteiger partial charge in [-0.05, 0) is 42.5 Å². The Hall–Kier alpha value is -2.29. The van der Waals surface area contributed by atoms with Crippen LogP contribution in [-0.2, 0) is 11.2 Å². The maximum absolute atomic E-state index is 13.1. The standard InChI is InChI=1S/C19H22N2O/c1-2-15(14-8-4-3-5-9-14)19(22)21-13-7-10-16-17(20)11-6-12-18(16)21/h3-6,8-9,11-12,15H,2,7,10,13,20H2,1H3. The van der Waals surface area contributed by atoms with Gasteiger partial charge in [-0.3, -0.25) is 4.79 Å². The van der Waals surface area contributed by atoms with E-state index >= 15 is 0 Å². The molecule has 1 atom stereocenters. The zero-order valence-corrected chi connectivity index (χ0v) is 13.0. The second-order valence-corrected chi connectivity index (χ2v) is 5.81. The molecule has 0 saturated heterocycles. The minimum atomic E-state index is -0.0893. The van der Waals surface area contributed by atoms with Crippen molar-refractivity contribution in [2.45, 2.75) is 32.1 Å². The van der Waals surface area contributed by atoms with E-state index in [1.807, 2.05) is 53.4 Å². The van der Waals surface area contributed by atoms with Crippen LogP contribution >= 0.6 is 0 Å². The molecule has 1 aliphatic rings. The van der Waals surface area contributed by atoms with E-state index in [1.165, 1.54) is 0 Å². The lowest BCUT2D eigenvalue weighted by molar-refractivity contribution is -0.120. The highest BCUT2D eigenvalue weighted by Crippen LogP contribution is 2.34. The van der Waals surface area contributed by atoms with E-state index in [1.54, 1.807) is 0 Å². The molecule has 2 N–H and O–H groups in total. The van der Waals surface area contributed by atoms with Crippen LogP contribution in [0.4, 0.5) is 11.4 Å². The van der Waals surface area contributed by atoms with Gasteiger partial charge >= 0.3 is 0 Å². The van der Waals surface area contributed by atoms with Crippen LogP contribution in [0.2, 0.25) is 0 Å². The van der Waals surface area contributed by atoms with Crippen molar-refractivity contribution >= 4 is 17.3 Å². The molecule has 0 saturated carbocycles. The Morgan fingerprint density at radius 2 is 1.95 bits per heavy atom. The molecule has 0 aromatic heterocycles. The number of nitrogens with zero attached hydrogens (tertiary/aromatic N) is 1. The van der Waals surface area contributed by atoms with Gasteiger partial charge in [-0.25, -0.2) is 0 Å². The van der Waals surface area contributed by atoms with Crippen LogP contribution < -0.4 is 10.6 Å². The Morgan fingerprint density at radius 1 is 1.18 bits per heavy atom. The molecule has 3 heteroatoms. The number of hydrogen-bond donors (Lipinski definition) is 1. The number of carbonyl (C=O) groups is 1. The zero-order chi connectivity index (χ0) is 15.5. The summed E-state index contributed by atoms with van der Waals surface area (Å²) in [5.41, 5.74) is 10.1. The van der Waals surface area contributed by atoms with Crippen molar-refractivity contribution in [3.63, 3.8) is 0 Å². The smallest absolute Gasteiger partial charge is 0.234 e. The second-order valence-electron chi connectivity index (χ2n) is 5.81. The lowest BCUT2D eigenvalue weighted by Crippen LogP contribution is -2.39. The summed E-state index contributed by atoms with van der Waals surface area (Å²) >= 11 is 0. The van der Waals surface area contributed by atoms with Gasteiger partial charge in [-0.2, -0.15) is 0 Å². The molecule has 1 aliphatic heterocycles. The first-order chi connectivity index (χ1) is 10.7. The third-order valence-corrected chi connectivity index (χ3v) is 4.46. The second kappa shape index (κ2) is 6.22. The van der Waals surface area contributed by atoms with Crippen LogP contribution in [0.25, 0.3) is 0 Å². The van der Waals surface area contributed by atoms with Crippen LogP contribution in [0.5, 0.6) is 0 Å². The van der Waals surface area contributed by atoms with Gasteiger partial charge in [0.05, 0.1) is 5.92 Å². The van der Waals surface area contributed by atoms with Gasteiger partial charge < -0.3 is 10.6 Å². The first-order valence-corrected chi connectivity index (χ1v) is 7.96. The molecule has 22 heavy (non-hydrogen) atoms. The van der Waals surface area contributed by atoms with Gasteiger partial charge in [0.15, 0.2) is 0 Å². The maximum atomic E-state index is 13.1. The normalized spacial score (nSPS) is 15.2. The summed E-state index contributed by atoms with van der Waals surface area (Å²) in [5, 5.41) is 0. The van der Waals surface area contributed by atoms with Crippen LogP contribution in [0.1, 0.15) is 36.8 Å². The number of nitrogens with two attached hydrogens (primary N) is 1. The number of nitrogen functional groups attached to an aromatic ring is 1. The van der Waals surface area contributed by atoms with Gasteiger partial charge in [0.2, 0.25) is 5.91 Å². The summed E-state index contributed by atoms with van der Waals surface area (Å²) in [6.45, 7) is 2.85. The molecule has 3 nitrogen and oxygen atoms in total. The average Bonchev–Trinajstić information content (AvgIpc) is 2.56. The molecule has 114 valence electrons. The average molecular weight is 294 g/mol. The number of carbonyl (C=O) groups excluding carboxylic acids is 1. The highest BCUT2D eigenvalue weighted by atomic mass is 16.2. The third kappa shape index (κ3) is 2.59. The summed E-state index contributed by atoms with van der Waals surface area (Å²) in [7, 11) is 0. The van der Waals surface area contributed by atoms with Crippen molar-refractivity contribution < 1.29 is 4.79 Å². The van der Waals surface area contributed by atoms with Gasteiger partial charge in [-0.15, -0.1) is 0 Å². The Labute approximate surface area is 131 Å². The highest BCUT2D eigenvalue weighted by molar-refractivity contribution is 5.99. The Balaban J connectivity index is 1.95. The summed E-state index contributed by atoms with van der Waals surface area (Å²) in [5.74, 6) is 0.0915. The SMILES string of the molecule is CCC(C(=O)N1CCCc2c(N)cccc21)c1ccccc1. The predicted molar refractivity (Wildman–Crippen MR) is 91.0 cm³/mol. The quantitative estimate of drug-likeness (QED) is 0.876. The van der Waals surface area contributed by atoms with Crippen molar-refractivity contribution in [1.82, 2.24) is 0 Å². The largest absolute Gasteiger partial charge is 0.398 e. The predicted octanol–water partition coefficient (Wildman–Crippen LogP) is 3.74. The Morgan fingerprint density at radius 3 is 2.68 bits per heavy atom. The molecule has 0 spiro atoms. The molecule has 2 aromatic carbocycles. The lowest BCUT2D eigenvalue weighted by Gasteiger charge is -2.33. The molecule has 3 rings (SSSR count). The van der Waals surface area contributed by atoms with Crippen LogP contribution in [0.3, 0.4) is 0 Å². The minimum absolute atomic E-state index is 0.0893. The van der Waals surface area contributed by atoms with E-state index in [0.717, 1.165) is 48.3 Å². The number of fused-ring (bicyclic) bond motifs is 1. The maximum Gasteiger partial charge on any atom is 0.234 e. The molecule has 1 amide bonds. The van der Waals surface area contributed by atoms with Crippen LogP contribution in [0.15, 0.2) is 48.5 Å². The van der Waals surface area contributed by atoms with E-state index in [-0.39, 0.29) is 11.8 Å². The number of anilines is 2. The molecule has 2 aromatic rings. The molecular weight excluding hydrogens is 272 g/mol. The zero-order valence-electron chi connectivity index (χ0n) is 13.0. The monoisotopic (exact) mass is 294 g/mol. The van der Waals surface area contributed by atoms with Crippen LogP contribution in [-0.4, -0.2) is 12.5 Å². The molecule has 0 bridgehead atoms. The minimum Gasteiger partial charge on any atom is -0.398 e. The van der Waals surface area contributed by atoms with Gasteiger partial charge in [-0.1, -0.05) is 43.3 Å². The number of benzene rings is 2. The van der Waals surface area contributed by atoms with Crippen molar-refractivity contribution in [3.8, 4) is 0 Å². The summed E-state index contributed by atoms with van der Waals surface area (Å²) in [4.78, 5) is 15.0. The molecule has 0 fully saturated rings. The Bertz CT molecular complexity index is 666. The van der Waals surface area contributed by atoms with Crippen molar-refractivity contribution in [1.29, 1.82) is 0 Å². The molecular formula is C19H22N2O. The lowest BCUT2D eigenvalue weighted by atomic mass is 9.92. The third-order valence-electron chi connectivity index (χ3n) is 4.46. The van der Waals surface area contributed by atoms with Crippen LogP contribution in [0, 0.1) is 0 Å². The molecule has 0 aliphatic carbocycles. The number of hydrogen-bond acceptors (Lipinski definition) is 2. The van der Waals surface area contributed by atoms with E-state index < -0.39 is 0 Å². The summed E-state index contributed by atoms with van der Waals surface area (Å²) < 4.78 is 0. The van der Waals surface area contributed by atoms with Crippen molar-refractivity contribution in [2.24, 2.45) is 0 Å². The fourth-order valence-corrected chi connectivity index (χ4v) is 3.31. The molecule has 1 heterocycles. The fraction of sp³-hybridized carbons (Fsp3) is 0.316. The first-order valence-electron chi connectivity index (χ1n) is 7.96. The van der Waals surface area contributed by atoms with E-state index in [0.29, 0.717) is 0 Å². The van der Waals surface area contributed by atoms with Gasteiger partial charge in [0.25, 0.3) is 0 Å². The summed E-state index contributed by atoms with van der Waals surface area (Å²) in [6.07, 6.45) is 2.73. The topological polar surface area (TPSA) is 46.3 Å².